The van der Waals surface area contributed by atoms with Gasteiger partial charge in [0.2, 0.25) is 0 Å². The Kier molecular flexibility index (Phi) is 5.91. The van der Waals surface area contributed by atoms with E-state index in [9.17, 15) is 9.18 Å². The minimum absolute atomic E-state index is 0.0586. The van der Waals surface area contributed by atoms with E-state index in [1.807, 2.05) is 13.8 Å². The van der Waals surface area contributed by atoms with Crippen LogP contribution in [0.25, 0.3) is 0 Å². The predicted octanol–water partition coefficient (Wildman–Crippen LogP) is 5.57. The Morgan fingerprint density at radius 2 is 2.00 bits per heavy atom. The summed E-state index contributed by atoms with van der Waals surface area (Å²) in [5, 5.41) is 2.99. The van der Waals surface area contributed by atoms with Crippen LogP contribution in [0.1, 0.15) is 16.7 Å². The number of aryl methyl sites for hydroxylation is 2. The van der Waals surface area contributed by atoms with Crippen molar-refractivity contribution in [1.29, 1.82) is 0 Å². The third kappa shape index (κ3) is 4.39. The molecule has 0 aromatic heterocycles. The molecule has 122 valence electrons. The van der Waals surface area contributed by atoms with Gasteiger partial charge in [0.25, 0.3) is 5.24 Å². The molecule has 0 aliphatic heterocycles. The van der Waals surface area contributed by atoms with Crippen molar-refractivity contribution in [1.82, 2.24) is 0 Å². The molecule has 0 heterocycles. The normalized spacial score (nSPS) is 10.5. The van der Waals surface area contributed by atoms with E-state index in [1.165, 1.54) is 6.07 Å². The molecule has 0 spiro atoms. The molecule has 0 atom stereocenters. The monoisotopic (exact) mass is 353 g/mol. The fourth-order valence-electron chi connectivity index (χ4n) is 2.00. The summed E-state index contributed by atoms with van der Waals surface area (Å²) in [6.45, 7) is 3.79. The summed E-state index contributed by atoms with van der Waals surface area (Å²) in [6, 6.07) is 8.26. The van der Waals surface area contributed by atoms with Crippen LogP contribution in [-0.2, 0) is 6.61 Å². The second-order valence-electron chi connectivity index (χ2n) is 5.04. The van der Waals surface area contributed by atoms with Gasteiger partial charge in [0.15, 0.2) is 11.6 Å². The Bertz CT molecular complexity index is 737. The number of halogens is 2. The van der Waals surface area contributed by atoms with Crippen molar-refractivity contribution >= 4 is 34.3 Å². The van der Waals surface area contributed by atoms with E-state index in [0.717, 1.165) is 22.9 Å². The molecular formula is C17H17ClFNO2S. The first-order valence-corrected chi connectivity index (χ1v) is 8.54. The average molecular weight is 354 g/mol. The third-order valence-corrected chi connectivity index (χ3v) is 4.29. The minimum Gasteiger partial charge on any atom is -0.486 e. The van der Waals surface area contributed by atoms with Gasteiger partial charge in [-0.1, -0.05) is 29.4 Å². The maximum Gasteiger partial charge on any atom is 0.283 e. The number of nitrogens with one attached hydrogen (secondary N) is 1. The highest BCUT2D eigenvalue weighted by Crippen LogP contribution is 2.28. The van der Waals surface area contributed by atoms with E-state index in [2.05, 4.69) is 5.32 Å². The first-order valence-electron chi connectivity index (χ1n) is 6.94. The summed E-state index contributed by atoms with van der Waals surface area (Å²) in [4.78, 5) is 11.6. The van der Waals surface area contributed by atoms with Gasteiger partial charge in [-0.25, -0.2) is 4.39 Å². The Hall–Kier alpha value is -1.72. The molecule has 0 aliphatic rings. The summed E-state index contributed by atoms with van der Waals surface area (Å²) >= 11 is 7.25. The van der Waals surface area contributed by atoms with Crippen LogP contribution in [-0.4, -0.2) is 11.5 Å². The minimum atomic E-state index is -0.421. The second-order valence-corrected chi connectivity index (χ2v) is 6.22. The van der Waals surface area contributed by atoms with Crippen molar-refractivity contribution in [2.24, 2.45) is 0 Å². The number of ether oxygens (including phenoxy) is 1. The number of hydrogen-bond acceptors (Lipinski definition) is 3. The quantitative estimate of drug-likeness (QED) is 0.780. The molecule has 23 heavy (non-hydrogen) atoms. The van der Waals surface area contributed by atoms with Gasteiger partial charge < -0.3 is 10.1 Å². The molecule has 3 nitrogen and oxygen atoms in total. The maximum atomic E-state index is 14.0. The van der Waals surface area contributed by atoms with Crippen molar-refractivity contribution < 1.29 is 13.9 Å². The van der Waals surface area contributed by atoms with E-state index in [1.54, 1.807) is 30.5 Å². The predicted molar refractivity (Wildman–Crippen MR) is 94.2 cm³/mol. The largest absolute Gasteiger partial charge is 0.486 e. The van der Waals surface area contributed by atoms with Gasteiger partial charge in [0.1, 0.15) is 6.61 Å². The van der Waals surface area contributed by atoms with Crippen molar-refractivity contribution in [3.05, 3.63) is 57.9 Å². The van der Waals surface area contributed by atoms with E-state index < -0.39 is 5.82 Å². The number of rotatable bonds is 4. The smallest absolute Gasteiger partial charge is 0.283 e. The summed E-state index contributed by atoms with van der Waals surface area (Å²) in [5.41, 5.74) is 2.97. The van der Waals surface area contributed by atoms with Gasteiger partial charge in [-0.2, -0.15) is 0 Å². The summed E-state index contributed by atoms with van der Waals surface area (Å²) < 4.78 is 19.5. The first-order chi connectivity index (χ1) is 10.9. The zero-order valence-electron chi connectivity index (χ0n) is 13.1. The van der Waals surface area contributed by atoms with E-state index >= 15 is 0 Å². The lowest BCUT2D eigenvalue weighted by molar-refractivity contribution is 0.269. The molecule has 0 unspecified atom stereocenters. The number of carbonyl (C=O) groups excluding carboxylic acids is 1. The van der Waals surface area contributed by atoms with Gasteiger partial charge in [0.05, 0.1) is 0 Å². The van der Waals surface area contributed by atoms with Crippen LogP contribution in [0.15, 0.2) is 30.3 Å². The van der Waals surface area contributed by atoms with Crippen LogP contribution in [0, 0.1) is 19.7 Å². The standard InChI is InChI=1S/C17H17ClFNO2S/c1-10-7-14(19)16(8-11(10)2)22-9-12-13(18)5-4-6-15(12)20-17(21)23-3/h4-8H,9H2,1-3H3,(H,20,21). The topological polar surface area (TPSA) is 38.3 Å². The van der Waals surface area contributed by atoms with E-state index in [0.29, 0.717) is 16.3 Å². The molecule has 0 saturated carbocycles. The number of thioether (sulfide) groups is 1. The summed E-state index contributed by atoms with van der Waals surface area (Å²) in [7, 11) is 0. The van der Waals surface area contributed by atoms with Gasteiger partial charge in [-0.3, -0.25) is 4.79 Å². The lowest BCUT2D eigenvalue weighted by Crippen LogP contribution is -2.09. The number of hydrogen-bond donors (Lipinski definition) is 1. The molecule has 0 bridgehead atoms. The van der Waals surface area contributed by atoms with E-state index in [-0.39, 0.29) is 17.6 Å². The van der Waals surface area contributed by atoms with Gasteiger partial charge in [0, 0.05) is 16.3 Å². The molecule has 0 radical (unpaired) electrons. The Morgan fingerprint density at radius 3 is 2.70 bits per heavy atom. The van der Waals surface area contributed by atoms with Crippen LogP contribution in [0.2, 0.25) is 5.02 Å². The number of anilines is 1. The lowest BCUT2D eigenvalue weighted by atomic mass is 10.1. The Morgan fingerprint density at radius 1 is 1.30 bits per heavy atom. The highest BCUT2D eigenvalue weighted by molar-refractivity contribution is 8.13. The van der Waals surface area contributed by atoms with Crippen molar-refractivity contribution in [3.63, 3.8) is 0 Å². The zero-order valence-corrected chi connectivity index (χ0v) is 14.6. The van der Waals surface area contributed by atoms with Crippen LogP contribution < -0.4 is 10.1 Å². The van der Waals surface area contributed by atoms with E-state index in [4.69, 9.17) is 16.3 Å². The molecule has 1 amide bonds. The van der Waals surface area contributed by atoms with Crippen LogP contribution in [0.3, 0.4) is 0 Å². The zero-order chi connectivity index (χ0) is 17.0. The molecule has 2 rings (SSSR count). The molecule has 6 heteroatoms. The SMILES string of the molecule is CSC(=O)Nc1cccc(Cl)c1COc1cc(C)c(C)cc1F. The molecule has 0 saturated heterocycles. The third-order valence-electron chi connectivity index (χ3n) is 3.46. The fraction of sp³-hybridized carbons (Fsp3) is 0.235. The van der Waals surface area contributed by atoms with Crippen molar-refractivity contribution in [3.8, 4) is 5.75 Å². The average Bonchev–Trinajstić information content (AvgIpc) is 2.51. The Balaban J connectivity index is 2.23. The number of amides is 1. The molecule has 2 aromatic rings. The van der Waals surface area contributed by atoms with Gasteiger partial charge >= 0.3 is 0 Å². The molecule has 2 aromatic carbocycles. The summed E-state index contributed by atoms with van der Waals surface area (Å²) in [6.07, 6.45) is 1.68. The highest BCUT2D eigenvalue weighted by Gasteiger charge is 2.12. The van der Waals surface area contributed by atoms with Crippen molar-refractivity contribution in [2.45, 2.75) is 20.5 Å². The van der Waals surface area contributed by atoms with Gasteiger partial charge in [-0.05, 0) is 55.5 Å². The molecule has 1 N–H and O–H groups in total. The maximum absolute atomic E-state index is 14.0. The van der Waals surface area contributed by atoms with Crippen LogP contribution in [0.5, 0.6) is 5.75 Å². The van der Waals surface area contributed by atoms with Crippen LogP contribution >= 0.6 is 23.4 Å². The van der Waals surface area contributed by atoms with Crippen molar-refractivity contribution in [2.75, 3.05) is 11.6 Å². The molecule has 0 fully saturated rings. The molecular weight excluding hydrogens is 337 g/mol. The fourth-order valence-corrected chi connectivity index (χ4v) is 2.44. The first kappa shape index (κ1) is 17.6. The number of benzene rings is 2. The summed E-state index contributed by atoms with van der Waals surface area (Å²) in [5.74, 6) is -0.259. The van der Waals surface area contributed by atoms with Crippen LogP contribution in [0.4, 0.5) is 14.9 Å². The Labute approximate surface area is 144 Å². The number of carbonyl (C=O) groups is 1. The highest BCUT2D eigenvalue weighted by atomic mass is 35.5. The lowest BCUT2D eigenvalue weighted by Gasteiger charge is -2.14. The molecule has 0 aliphatic carbocycles. The van der Waals surface area contributed by atoms with Gasteiger partial charge in [-0.15, -0.1) is 0 Å². The second kappa shape index (κ2) is 7.70.